The van der Waals surface area contributed by atoms with Gasteiger partial charge in [-0.25, -0.2) is 8.42 Å². The van der Waals surface area contributed by atoms with Crippen molar-refractivity contribution in [2.75, 3.05) is 33.7 Å². The van der Waals surface area contributed by atoms with E-state index in [-0.39, 0.29) is 0 Å². The molecule has 0 N–H and O–H groups in total. The quantitative estimate of drug-likeness (QED) is 0.777. The first kappa shape index (κ1) is 12.5. The Bertz CT molecular complexity index is 473. The molecule has 0 spiro atoms. The highest BCUT2D eigenvalue weighted by molar-refractivity contribution is 7.92. The number of sulfone groups is 1. The summed E-state index contributed by atoms with van der Waals surface area (Å²) in [5, 5.41) is -0.441. The van der Waals surface area contributed by atoms with Crippen molar-refractivity contribution >= 4 is 9.84 Å². The first-order valence-corrected chi connectivity index (χ1v) is 7.24. The number of piperazine rings is 1. The maximum atomic E-state index is 12.5. The number of hydrogen-bond donors (Lipinski definition) is 0. The second-order valence-corrected chi connectivity index (χ2v) is 6.66. The van der Waals surface area contributed by atoms with E-state index in [1.165, 1.54) is 0 Å². The van der Waals surface area contributed by atoms with Gasteiger partial charge in [0.1, 0.15) is 5.37 Å². The summed E-state index contributed by atoms with van der Waals surface area (Å²) in [5.41, 5.74) is 0. The van der Waals surface area contributed by atoms with E-state index >= 15 is 0 Å². The highest BCUT2D eigenvalue weighted by Crippen LogP contribution is 2.20. The highest BCUT2D eigenvalue weighted by Gasteiger charge is 2.34. The predicted octanol–water partition coefficient (Wildman–Crippen LogP) is 0.664. The van der Waals surface area contributed by atoms with Crippen LogP contribution in [0.3, 0.4) is 0 Å². The zero-order valence-corrected chi connectivity index (χ0v) is 11.0. The molecular formula is C12H18N2O2S. The number of benzene rings is 1. The molecule has 1 aromatic carbocycles. The van der Waals surface area contributed by atoms with Gasteiger partial charge < -0.3 is 4.90 Å². The lowest BCUT2D eigenvalue weighted by atomic mass is 10.3. The number of hydrogen-bond acceptors (Lipinski definition) is 4. The Morgan fingerprint density at radius 2 is 1.76 bits per heavy atom. The number of rotatable bonds is 2. The first-order chi connectivity index (χ1) is 8.01. The van der Waals surface area contributed by atoms with E-state index < -0.39 is 15.2 Å². The van der Waals surface area contributed by atoms with Crippen molar-refractivity contribution < 1.29 is 8.42 Å². The largest absolute Gasteiger partial charge is 0.302 e. The van der Waals surface area contributed by atoms with Crippen molar-refractivity contribution in [3.05, 3.63) is 30.3 Å². The van der Waals surface area contributed by atoms with E-state index in [0.29, 0.717) is 11.4 Å². The predicted molar refractivity (Wildman–Crippen MR) is 67.5 cm³/mol. The lowest BCUT2D eigenvalue weighted by Crippen LogP contribution is -2.53. The molecule has 94 valence electrons. The fraction of sp³-hybridized carbons (Fsp3) is 0.500. The van der Waals surface area contributed by atoms with Crippen LogP contribution in [0.2, 0.25) is 0 Å². The summed E-state index contributed by atoms with van der Waals surface area (Å²) in [7, 11) is 0.572. The summed E-state index contributed by atoms with van der Waals surface area (Å²) in [6.45, 7) is 2.26. The lowest BCUT2D eigenvalue weighted by Gasteiger charge is -2.37. The minimum atomic E-state index is -3.26. The van der Waals surface area contributed by atoms with Crippen LogP contribution in [0.5, 0.6) is 0 Å². The zero-order valence-electron chi connectivity index (χ0n) is 10.2. The van der Waals surface area contributed by atoms with Crippen LogP contribution in [-0.4, -0.2) is 57.3 Å². The molecule has 1 fully saturated rings. The minimum Gasteiger partial charge on any atom is -0.302 e. The van der Waals surface area contributed by atoms with E-state index in [4.69, 9.17) is 0 Å². The van der Waals surface area contributed by atoms with Crippen molar-refractivity contribution in [3.63, 3.8) is 0 Å². The molecule has 0 radical (unpaired) electrons. The summed E-state index contributed by atoms with van der Waals surface area (Å²) < 4.78 is 24.9. The van der Waals surface area contributed by atoms with E-state index in [1.54, 1.807) is 24.3 Å². The molecule has 2 rings (SSSR count). The normalized spacial score (nSPS) is 23.8. The Kier molecular flexibility index (Phi) is 3.51. The van der Waals surface area contributed by atoms with Gasteiger partial charge in [-0.1, -0.05) is 18.2 Å². The number of nitrogens with zero attached hydrogens (tertiary/aromatic N) is 2. The van der Waals surface area contributed by atoms with Crippen LogP contribution in [0.15, 0.2) is 35.2 Å². The summed E-state index contributed by atoms with van der Waals surface area (Å²) in [5.74, 6) is 0. The van der Waals surface area contributed by atoms with E-state index in [0.717, 1.165) is 13.1 Å². The molecule has 1 atom stereocenters. The third kappa shape index (κ3) is 2.51. The Morgan fingerprint density at radius 3 is 2.41 bits per heavy atom. The third-order valence-electron chi connectivity index (χ3n) is 3.22. The summed E-state index contributed by atoms with van der Waals surface area (Å²) in [6, 6.07) is 8.68. The average molecular weight is 254 g/mol. The lowest BCUT2D eigenvalue weighted by molar-refractivity contribution is 0.156. The van der Waals surface area contributed by atoms with Crippen LogP contribution >= 0.6 is 0 Å². The van der Waals surface area contributed by atoms with Crippen LogP contribution in [0.4, 0.5) is 0 Å². The Hall–Kier alpha value is -0.910. The van der Waals surface area contributed by atoms with E-state index in [9.17, 15) is 8.42 Å². The monoisotopic (exact) mass is 254 g/mol. The molecule has 1 unspecified atom stereocenters. The average Bonchev–Trinajstić information content (AvgIpc) is 2.33. The van der Waals surface area contributed by atoms with E-state index in [2.05, 4.69) is 4.90 Å². The molecule has 0 saturated carbocycles. The third-order valence-corrected chi connectivity index (χ3v) is 5.38. The highest BCUT2D eigenvalue weighted by atomic mass is 32.2. The Morgan fingerprint density at radius 1 is 1.12 bits per heavy atom. The van der Waals surface area contributed by atoms with Crippen molar-refractivity contribution in [1.29, 1.82) is 0 Å². The molecule has 1 aliphatic heterocycles. The SMILES string of the molecule is CN1CCN(C)C(S(=O)(=O)c2ccccc2)C1. The summed E-state index contributed by atoms with van der Waals surface area (Å²) in [6.07, 6.45) is 0. The standard InChI is InChI=1S/C12H18N2O2S/c1-13-8-9-14(2)12(10-13)17(15,16)11-6-4-3-5-7-11/h3-7,12H,8-10H2,1-2H3. The van der Waals surface area contributed by atoms with Gasteiger partial charge in [0.2, 0.25) is 0 Å². The molecule has 0 amide bonds. The molecule has 1 aliphatic rings. The van der Waals surface area contributed by atoms with E-state index in [1.807, 2.05) is 25.1 Å². The van der Waals surface area contributed by atoms with Gasteiger partial charge in [-0.3, -0.25) is 4.90 Å². The Balaban J connectivity index is 2.32. The summed E-state index contributed by atoms with van der Waals surface area (Å²) in [4.78, 5) is 4.39. The van der Waals surface area contributed by atoms with Gasteiger partial charge in [0, 0.05) is 19.6 Å². The van der Waals surface area contributed by atoms with Gasteiger partial charge in [-0.15, -0.1) is 0 Å². The molecule has 0 bridgehead atoms. The smallest absolute Gasteiger partial charge is 0.195 e. The maximum Gasteiger partial charge on any atom is 0.195 e. The van der Waals surface area contributed by atoms with Crippen LogP contribution in [-0.2, 0) is 9.84 Å². The summed E-state index contributed by atoms with van der Waals surface area (Å²) >= 11 is 0. The topological polar surface area (TPSA) is 40.6 Å². The fourth-order valence-electron chi connectivity index (χ4n) is 2.07. The van der Waals surface area contributed by atoms with Crippen molar-refractivity contribution in [2.24, 2.45) is 0 Å². The second kappa shape index (κ2) is 4.76. The van der Waals surface area contributed by atoms with Gasteiger partial charge in [-0.05, 0) is 26.2 Å². The van der Waals surface area contributed by atoms with Crippen LogP contribution < -0.4 is 0 Å². The van der Waals surface area contributed by atoms with Gasteiger partial charge in [-0.2, -0.15) is 0 Å². The molecule has 1 heterocycles. The minimum absolute atomic E-state index is 0.409. The van der Waals surface area contributed by atoms with Crippen LogP contribution in [0, 0.1) is 0 Å². The van der Waals surface area contributed by atoms with Crippen molar-refractivity contribution in [1.82, 2.24) is 9.80 Å². The molecule has 1 aromatic rings. The van der Waals surface area contributed by atoms with Gasteiger partial charge in [0.25, 0.3) is 0 Å². The molecule has 4 nitrogen and oxygen atoms in total. The molecule has 1 saturated heterocycles. The van der Waals surface area contributed by atoms with Crippen molar-refractivity contribution in [3.8, 4) is 0 Å². The van der Waals surface area contributed by atoms with Crippen LogP contribution in [0.1, 0.15) is 0 Å². The Labute approximate surface area is 103 Å². The first-order valence-electron chi connectivity index (χ1n) is 5.69. The fourth-order valence-corrected chi connectivity index (χ4v) is 3.95. The second-order valence-electron chi connectivity index (χ2n) is 4.56. The molecule has 0 aliphatic carbocycles. The van der Waals surface area contributed by atoms with Gasteiger partial charge in [0.15, 0.2) is 9.84 Å². The molecule has 0 aromatic heterocycles. The van der Waals surface area contributed by atoms with Gasteiger partial charge >= 0.3 is 0 Å². The molecule has 5 heteroatoms. The van der Waals surface area contributed by atoms with Crippen molar-refractivity contribution in [2.45, 2.75) is 10.3 Å². The maximum absolute atomic E-state index is 12.5. The van der Waals surface area contributed by atoms with Crippen LogP contribution in [0.25, 0.3) is 0 Å². The zero-order chi connectivity index (χ0) is 12.5. The molecular weight excluding hydrogens is 236 g/mol. The van der Waals surface area contributed by atoms with Gasteiger partial charge in [0.05, 0.1) is 4.90 Å². The number of likely N-dealkylation sites (N-methyl/N-ethyl adjacent to an activating group) is 2. The molecule has 17 heavy (non-hydrogen) atoms.